The van der Waals surface area contributed by atoms with Gasteiger partial charge in [-0.15, -0.1) is 24.8 Å². The Labute approximate surface area is 260 Å². The number of hydrogen-bond donors (Lipinski definition) is 3. The Balaban J connectivity index is 0.00000212. The molecule has 5 aromatic rings. The SMILES string of the molecule is CC(C)(C)c1noc(C(=O)NCc2ccc(-c3[nH]nc4ncc(-c5ccc(N6CCNCC6)cc5)cc34)cc2F)n1.Cl.Cl. The first-order valence-corrected chi connectivity index (χ1v) is 13.6. The van der Waals surface area contributed by atoms with Crippen LogP contribution in [-0.4, -0.2) is 57.4 Å². The summed E-state index contributed by atoms with van der Waals surface area (Å²) in [7, 11) is 0. The highest BCUT2D eigenvalue weighted by Gasteiger charge is 2.24. The van der Waals surface area contributed by atoms with Crippen LogP contribution in [0, 0.1) is 5.82 Å². The van der Waals surface area contributed by atoms with E-state index in [1.807, 2.05) is 26.8 Å². The van der Waals surface area contributed by atoms with Crippen molar-refractivity contribution < 1.29 is 13.7 Å². The van der Waals surface area contributed by atoms with Crippen LogP contribution in [0.25, 0.3) is 33.4 Å². The van der Waals surface area contributed by atoms with Gasteiger partial charge in [0.1, 0.15) is 5.82 Å². The Morgan fingerprint density at radius 3 is 2.42 bits per heavy atom. The van der Waals surface area contributed by atoms with Gasteiger partial charge in [-0.1, -0.05) is 50.2 Å². The number of H-pyrrole nitrogens is 1. The van der Waals surface area contributed by atoms with E-state index < -0.39 is 11.7 Å². The fraction of sp³-hybridized carbons (Fsp3) is 0.300. The minimum atomic E-state index is -0.560. The molecule has 0 spiro atoms. The lowest BCUT2D eigenvalue weighted by atomic mass is 9.96. The third-order valence-corrected chi connectivity index (χ3v) is 7.16. The lowest BCUT2D eigenvalue weighted by molar-refractivity contribution is 0.0906. The maximum absolute atomic E-state index is 15.1. The van der Waals surface area contributed by atoms with Gasteiger partial charge in [-0.2, -0.15) is 10.1 Å². The third-order valence-electron chi connectivity index (χ3n) is 7.16. The summed E-state index contributed by atoms with van der Waals surface area (Å²) < 4.78 is 20.2. The van der Waals surface area contributed by atoms with Crippen molar-refractivity contribution in [3.8, 4) is 22.4 Å². The van der Waals surface area contributed by atoms with Crippen molar-refractivity contribution >= 4 is 47.4 Å². The highest BCUT2D eigenvalue weighted by atomic mass is 35.5. The minimum Gasteiger partial charge on any atom is -0.369 e. The van der Waals surface area contributed by atoms with Crippen LogP contribution in [-0.2, 0) is 12.0 Å². The first kappa shape index (κ1) is 31.9. The number of rotatable bonds is 6. The van der Waals surface area contributed by atoms with E-state index >= 15 is 4.39 Å². The van der Waals surface area contributed by atoms with E-state index in [0.717, 1.165) is 42.7 Å². The number of halogens is 3. The number of benzene rings is 2. The standard InChI is InChI=1S/C30H31FN8O2.2ClH/c1-30(2,3)29-35-28(41-38-29)27(40)34-16-20-5-4-19(15-24(20)31)25-23-14-21(17-33-26(23)37-36-25)18-6-8-22(9-7-18)39-12-10-32-11-13-39;;/h4-9,14-15,17,32H,10-13,16H2,1-3H3,(H,34,40)(H,33,36,37);2*1H. The Morgan fingerprint density at radius 1 is 1.02 bits per heavy atom. The number of aromatic amines is 1. The van der Waals surface area contributed by atoms with E-state index in [-0.39, 0.29) is 42.7 Å². The molecule has 2 aromatic carbocycles. The summed E-state index contributed by atoms with van der Waals surface area (Å²) in [5.41, 5.74) is 5.00. The summed E-state index contributed by atoms with van der Waals surface area (Å²) in [4.78, 5) is 23.5. The zero-order valence-corrected chi connectivity index (χ0v) is 25.6. The van der Waals surface area contributed by atoms with Crippen molar-refractivity contribution in [2.45, 2.75) is 32.7 Å². The second-order valence-corrected chi connectivity index (χ2v) is 11.1. The Kier molecular flexibility index (Phi) is 9.69. The number of pyridine rings is 1. The maximum Gasteiger partial charge on any atom is 0.315 e. The Bertz CT molecular complexity index is 1710. The number of fused-ring (bicyclic) bond motifs is 1. The predicted octanol–water partition coefficient (Wildman–Crippen LogP) is 5.29. The van der Waals surface area contributed by atoms with Gasteiger partial charge in [-0.05, 0) is 29.8 Å². The molecule has 1 amide bonds. The second kappa shape index (κ2) is 13.1. The number of nitrogens with one attached hydrogen (secondary N) is 3. The molecule has 1 aliphatic rings. The lowest BCUT2D eigenvalue weighted by Crippen LogP contribution is -2.43. The van der Waals surface area contributed by atoms with Crippen LogP contribution in [0.4, 0.5) is 10.1 Å². The molecule has 13 heteroatoms. The van der Waals surface area contributed by atoms with E-state index in [4.69, 9.17) is 4.52 Å². The number of hydrogen-bond acceptors (Lipinski definition) is 8. The van der Waals surface area contributed by atoms with Crippen LogP contribution < -0.4 is 15.5 Å². The molecule has 0 unspecified atom stereocenters. The first-order chi connectivity index (χ1) is 19.8. The van der Waals surface area contributed by atoms with Crippen molar-refractivity contribution in [2.75, 3.05) is 31.1 Å². The summed E-state index contributed by atoms with van der Waals surface area (Å²) in [6, 6.07) is 15.3. The van der Waals surface area contributed by atoms with Gasteiger partial charge >= 0.3 is 11.8 Å². The molecule has 1 saturated heterocycles. The smallest absolute Gasteiger partial charge is 0.315 e. The summed E-state index contributed by atoms with van der Waals surface area (Å²) in [5, 5.41) is 18.0. The van der Waals surface area contributed by atoms with Gasteiger partial charge in [0.25, 0.3) is 0 Å². The average Bonchev–Trinajstić information content (AvgIpc) is 3.65. The van der Waals surface area contributed by atoms with Crippen molar-refractivity contribution in [2.24, 2.45) is 0 Å². The molecule has 10 nitrogen and oxygen atoms in total. The van der Waals surface area contributed by atoms with E-state index in [0.29, 0.717) is 28.3 Å². The summed E-state index contributed by atoms with van der Waals surface area (Å²) in [6.45, 7) is 9.68. The van der Waals surface area contributed by atoms with E-state index in [2.05, 4.69) is 65.1 Å². The number of anilines is 1. The second-order valence-electron chi connectivity index (χ2n) is 11.1. The molecule has 1 aliphatic heterocycles. The molecule has 226 valence electrons. The molecule has 4 heterocycles. The molecule has 0 atom stereocenters. The van der Waals surface area contributed by atoms with Crippen LogP contribution >= 0.6 is 24.8 Å². The Morgan fingerprint density at radius 2 is 1.74 bits per heavy atom. The fourth-order valence-corrected chi connectivity index (χ4v) is 4.78. The number of carbonyl (C=O) groups is 1. The van der Waals surface area contributed by atoms with Gasteiger partial charge in [-0.25, -0.2) is 9.37 Å². The number of nitrogens with zero attached hydrogens (tertiary/aromatic N) is 5. The van der Waals surface area contributed by atoms with Crippen LogP contribution in [0.5, 0.6) is 0 Å². The van der Waals surface area contributed by atoms with Crippen molar-refractivity contribution in [3.63, 3.8) is 0 Å². The van der Waals surface area contributed by atoms with Crippen LogP contribution in [0.1, 0.15) is 42.8 Å². The zero-order valence-electron chi connectivity index (χ0n) is 24.0. The molecule has 6 rings (SSSR count). The number of amides is 1. The average molecular weight is 628 g/mol. The third kappa shape index (κ3) is 6.79. The normalized spacial score (nSPS) is 13.3. The number of piperazine rings is 1. The summed E-state index contributed by atoms with van der Waals surface area (Å²) in [6.07, 6.45) is 1.80. The molecule has 43 heavy (non-hydrogen) atoms. The molecule has 0 radical (unpaired) electrons. The van der Waals surface area contributed by atoms with Gasteiger partial charge < -0.3 is 20.1 Å². The number of aromatic nitrogens is 5. The van der Waals surface area contributed by atoms with Gasteiger partial charge in [0.15, 0.2) is 11.5 Å². The monoisotopic (exact) mass is 626 g/mol. The molecule has 3 aromatic heterocycles. The van der Waals surface area contributed by atoms with Gasteiger partial charge in [0.2, 0.25) is 0 Å². The van der Waals surface area contributed by atoms with Crippen LogP contribution in [0.2, 0.25) is 0 Å². The van der Waals surface area contributed by atoms with Gasteiger partial charge in [0, 0.05) is 72.1 Å². The Hall–Kier alpha value is -4.06. The quantitative estimate of drug-likeness (QED) is 0.232. The fourth-order valence-electron chi connectivity index (χ4n) is 4.78. The molecule has 0 aliphatic carbocycles. The molecule has 3 N–H and O–H groups in total. The first-order valence-electron chi connectivity index (χ1n) is 13.6. The van der Waals surface area contributed by atoms with Gasteiger partial charge in [-0.3, -0.25) is 9.89 Å². The summed E-state index contributed by atoms with van der Waals surface area (Å²) in [5.74, 6) is -0.748. The van der Waals surface area contributed by atoms with Crippen molar-refractivity contribution in [1.82, 2.24) is 36.0 Å². The molecule has 0 bridgehead atoms. The van der Waals surface area contributed by atoms with Gasteiger partial charge in [0.05, 0.1) is 5.69 Å². The maximum atomic E-state index is 15.1. The molecular weight excluding hydrogens is 594 g/mol. The van der Waals surface area contributed by atoms with E-state index in [1.165, 1.54) is 11.8 Å². The number of carbonyl (C=O) groups excluding carboxylic acids is 1. The highest BCUT2D eigenvalue weighted by molar-refractivity contribution is 5.93. The largest absolute Gasteiger partial charge is 0.369 e. The van der Waals surface area contributed by atoms with Crippen LogP contribution in [0.15, 0.2) is 59.3 Å². The summed E-state index contributed by atoms with van der Waals surface area (Å²) >= 11 is 0. The zero-order chi connectivity index (χ0) is 28.6. The lowest BCUT2D eigenvalue weighted by Gasteiger charge is -2.29. The van der Waals surface area contributed by atoms with E-state index in [9.17, 15) is 4.79 Å². The van der Waals surface area contributed by atoms with Crippen molar-refractivity contribution in [1.29, 1.82) is 0 Å². The van der Waals surface area contributed by atoms with E-state index in [1.54, 1.807) is 18.3 Å². The molecule has 1 fully saturated rings. The minimum absolute atomic E-state index is 0. The molecular formula is C30H33Cl2FN8O2. The van der Waals surface area contributed by atoms with Crippen molar-refractivity contribution in [3.05, 3.63) is 77.8 Å². The van der Waals surface area contributed by atoms with Crippen LogP contribution in [0.3, 0.4) is 0 Å². The predicted molar refractivity (Wildman–Crippen MR) is 168 cm³/mol. The molecule has 0 saturated carbocycles. The topological polar surface area (TPSA) is 125 Å². The highest BCUT2D eigenvalue weighted by Crippen LogP contribution is 2.31.